The lowest BCUT2D eigenvalue weighted by molar-refractivity contribution is 0.0264. The smallest absolute Gasteiger partial charge is 0.338 e. The van der Waals surface area contributed by atoms with Crippen LogP contribution in [0.4, 0.5) is 0 Å². The number of carbonyl (C=O) groups excluding carboxylic acids is 1. The molecule has 0 amide bonds. The Labute approximate surface area is 250 Å². The minimum atomic E-state index is -0.150. The lowest BCUT2D eigenvalue weighted by Crippen LogP contribution is -2.25. The number of hydrogen-bond donors (Lipinski definition) is 0. The van der Waals surface area contributed by atoms with Crippen molar-refractivity contribution in [2.75, 3.05) is 6.61 Å². The normalized spacial score (nSPS) is 12.9. The molecule has 0 saturated heterocycles. The third-order valence-corrected chi connectivity index (χ3v) is 8.83. The fraction of sp³-hybridized carbons (Fsp3) is 0.816. The van der Waals surface area contributed by atoms with Gasteiger partial charge in [-0.3, -0.25) is 0 Å². The van der Waals surface area contributed by atoms with Gasteiger partial charge in [0.05, 0.1) is 12.2 Å². The Morgan fingerprint density at radius 1 is 0.550 bits per heavy atom. The second-order valence-corrected chi connectivity index (χ2v) is 13.1. The van der Waals surface area contributed by atoms with Crippen molar-refractivity contribution in [1.29, 1.82) is 0 Å². The molecule has 0 saturated carbocycles. The number of carbonyl (C=O) groups is 1. The second-order valence-electron chi connectivity index (χ2n) is 13.1. The SMILES string of the molecule is CCCCCCCCCCCCC(C)(CCCCCCCCCC)COC(=O)c1ccc(CCCCCC)cc1. The number of aryl methyl sites for hydroxylation is 1. The average Bonchev–Trinajstić information content (AvgIpc) is 2.97. The first-order valence-electron chi connectivity index (χ1n) is 17.8. The van der Waals surface area contributed by atoms with E-state index >= 15 is 0 Å². The quantitative estimate of drug-likeness (QED) is 0.0757. The topological polar surface area (TPSA) is 26.3 Å². The number of rotatable bonds is 28. The van der Waals surface area contributed by atoms with Gasteiger partial charge < -0.3 is 4.74 Å². The molecule has 0 aromatic heterocycles. The van der Waals surface area contributed by atoms with E-state index in [2.05, 4.69) is 39.8 Å². The van der Waals surface area contributed by atoms with Gasteiger partial charge in [-0.2, -0.15) is 0 Å². The highest BCUT2D eigenvalue weighted by Crippen LogP contribution is 2.32. The van der Waals surface area contributed by atoms with Crippen LogP contribution in [0.1, 0.15) is 198 Å². The lowest BCUT2D eigenvalue weighted by atomic mass is 9.80. The fourth-order valence-electron chi connectivity index (χ4n) is 5.88. The molecule has 0 aliphatic carbocycles. The Hall–Kier alpha value is -1.31. The standard InChI is InChI=1S/C38H68O2/c1-5-8-11-14-16-18-19-21-23-26-33-38(4,32-25-22-20-17-15-12-9-6-2)34-40-37(39)36-30-28-35(29-31-36)27-24-13-10-7-3/h28-31H,5-27,32-34H2,1-4H3. The predicted molar refractivity (Wildman–Crippen MR) is 176 cm³/mol. The van der Waals surface area contributed by atoms with Crippen LogP contribution in [0.3, 0.4) is 0 Å². The fourth-order valence-corrected chi connectivity index (χ4v) is 5.88. The molecule has 40 heavy (non-hydrogen) atoms. The molecular weight excluding hydrogens is 488 g/mol. The van der Waals surface area contributed by atoms with E-state index in [0.717, 1.165) is 6.42 Å². The van der Waals surface area contributed by atoms with Crippen molar-refractivity contribution in [3.63, 3.8) is 0 Å². The summed E-state index contributed by atoms with van der Waals surface area (Å²) in [6.45, 7) is 9.75. The van der Waals surface area contributed by atoms with Crippen LogP contribution in [0.25, 0.3) is 0 Å². The number of ether oxygens (including phenoxy) is 1. The molecule has 2 heteroatoms. The Bertz CT molecular complexity index is 694. The molecule has 0 bridgehead atoms. The zero-order valence-corrected chi connectivity index (χ0v) is 27.5. The predicted octanol–water partition coefficient (Wildman–Crippen LogP) is 12.8. The van der Waals surface area contributed by atoms with Gasteiger partial charge in [-0.1, -0.05) is 175 Å². The average molecular weight is 557 g/mol. The van der Waals surface area contributed by atoms with E-state index in [0.29, 0.717) is 12.2 Å². The molecule has 0 N–H and O–H groups in total. The molecule has 1 aromatic rings. The zero-order valence-electron chi connectivity index (χ0n) is 27.5. The molecule has 0 fully saturated rings. The van der Waals surface area contributed by atoms with Crippen molar-refractivity contribution < 1.29 is 9.53 Å². The molecule has 2 nitrogen and oxygen atoms in total. The van der Waals surface area contributed by atoms with Crippen molar-refractivity contribution >= 4 is 5.97 Å². The Balaban J connectivity index is 2.46. The van der Waals surface area contributed by atoms with Gasteiger partial charge in [0.25, 0.3) is 0 Å². The van der Waals surface area contributed by atoms with Crippen molar-refractivity contribution in [1.82, 2.24) is 0 Å². The summed E-state index contributed by atoms with van der Waals surface area (Å²) in [5, 5.41) is 0. The monoisotopic (exact) mass is 557 g/mol. The van der Waals surface area contributed by atoms with E-state index in [-0.39, 0.29) is 11.4 Å². The van der Waals surface area contributed by atoms with Crippen LogP contribution in [0.2, 0.25) is 0 Å². The first-order valence-corrected chi connectivity index (χ1v) is 17.8. The van der Waals surface area contributed by atoms with Gasteiger partial charge in [0.2, 0.25) is 0 Å². The van der Waals surface area contributed by atoms with Crippen LogP contribution in [-0.2, 0) is 11.2 Å². The molecule has 0 radical (unpaired) electrons. The summed E-state index contributed by atoms with van der Waals surface area (Å²) >= 11 is 0. The minimum Gasteiger partial charge on any atom is -0.462 e. The summed E-state index contributed by atoms with van der Waals surface area (Å²) in [6, 6.07) is 8.17. The van der Waals surface area contributed by atoms with Crippen LogP contribution < -0.4 is 0 Å². The maximum absolute atomic E-state index is 12.9. The molecule has 1 atom stereocenters. The first-order chi connectivity index (χ1) is 19.5. The number of hydrogen-bond acceptors (Lipinski definition) is 2. The van der Waals surface area contributed by atoms with Crippen LogP contribution in [0.15, 0.2) is 24.3 Å². The number of esters is 1. The van der Waals surface area contributed by atoms with Crippen LogP contribution in [-0.4, -0.2) is 12.6 Å². The number of unbranched alkanes of at least 4 members (excludes halogenated alkanes) is 19. The molecule has 232 valence electrons. The maximum atomic E-state index is 12.9. The first kappa shape index (κ1) is 36.7. The highest BCUT2D eigenvalue weighted by Gasteiger charge is 2.26. The van der Waals surface area contributed by atoms with Gasteiger partial charge in [-0.15, -0.1) is 0 Å². The van der Waals surface area contributed by atoms with Gasteiger partial charge in [0, 0.05) is 5.41 Å². The summed E-state index contributed by atoms with van der Waals surface area (Å²) in [7, 11) is 0. The second kappa shape index (κ2) is 25.4. The Kier molecular flexibility index (Phi) is 23.3. The van der Waals surface area contributed by atoms with Gasteiger partial charge in [-0.05, 0) is 43.4 Å². The van der Waals surface area contributed by atoms with Crippen LogP contribution in [0, 0.1) is 5.41 Å². The maximum Gasteiger partial charge on any atom is 0.338 e. The molecule has 0 heterocycles. The molecule has 0 aliphatic heterocycles. The largest absolute Gasteiger partial charge is 0.462 e. The van der Waals surface area contributed by atoms with Crippen molar-refractivity contribution in [2.24, 2.45) is 5.41 Å². The molecule has 1 aromatic carbocycles. The summed E-state index contributed by atoms with van der Waals surface area (Å²) < 4.78 is 5.97. The summed E-state index contributed by atoms with van der Waals surface area (Å²) in [5.41, 5.74) is 2.12. The van der Waals surface area contributed by atoms with Crippen molar-refractivity contribution in [2.45, 2.75) is 188 Å². The molecule has 1 unspecified atom stereocenters. The van der Waals surface area contributed by atoms with Gasteiger partial charge in [-0.25, -0.2) is 4.79 Å². The molecular formula is C38H68O2. The molecule has 0 spiro atoms. The van der Waals surface area contributed by atoms with Gasteiger partial charge in [0.1, 0.15) is 0 Å². The minimum absolute atomic E-state index is 0.0945. The van der Waals surface area contributed by atoms with E-state index in [4.69, 9.17) is 4.74 Å². The van der Waals surface area contributed by atoms with E-state index < -0.39 is 0 Å². The lowest BCUT2D eigenvalue weighted by Gasteiger charge is -2.29. The summed E-state index contributed by atoms with van der Waals surface area (Å²) in [6.07, 6.45) is 33.0. The van der Waals surface area contributed by atoms with Crippen molar-refractivity contribution in [3.8, 4) is 0 Å². The zero-order chi connectivity index (χ0) is 29.2. The van der Waals surface area contributed by atoms with E-state index in [1.165, 1.54) is 160 Å². The highest BCUT2D eigenvalue weighted by atomic mass is 16.5. The van der Waals surface area contributed by atoms with Crippen molar-refractivity contribution in [3.05, 3.63) is 35.4 Å². The van der Waals surface area contributed by atoms with Gasteiger partial charge in [0.15, 0.2) is 0 Å². The van der Waals surface area contributed by atoms with E-state index in [1.54, 1.807) is 0 Å². The Morgan fingerprint density at radius 2 is 0.925 bits per heavy atom. The highest BCUT2D eigenvalue weighted by molar-refractivity contribution is 5.89. The van der Waals surface area contributed by atoms with Crippen LogP contribution in [0.5, 0.6) is 0 Å². The van der Waals surface area contributed by atoms with E-state index in [1.807, 2.05) is 12.1 Å². The number of benzene rings is 1. The third-order valence-electron chi connectivity index (χ3n) is 8.83. The summed E-state index contributed by atoms with van der Waals surface area (Å²) in [5.74, 6) is -0.150. The van der Waals surface area contributed by atoms with E-state index in [9.17, 15) is 4.79 Å². The summed E-state index contributed by atoms with van der Waals surface area (Å²) in [4.78, 5) is 12.9. The molecule has 0 aliphatic rings. The third kappa shape index (κ3) is 19.7. The van der Waals surface area contributed by atoms with Crippen LogP contribution >= 0.6 is 0 Å². The Morgan fingerprint density at radius 3 is 1.35 bits per heavy atom. The van der Waals surface area contributed by atoms with Gasteiger partial charge >= 0.3 is 5.97 Å². The molecule has 1 rings (SSSR count).